The van der Waals surface area contributed by atoms with Crippen molar-refractivity contribution in [1.29, 1.82) is 0 Å². The summed E-state index contributed by atoms with van der Waals surface area (Å²) in [5.41, 5.74) is 0.428. The van der Waals surface area contributed by atoms with Gasteiger partial charge in [0.05, 0.1) is 0 Å². The van der Waals surface area contributed by atoms with Crippen molar-refractivity contribution in [2.45, 2.75) is 32.7 Å². The molecule has 66 valence electrons. The van der Waals surface area contributed by atoms with E-state index in [1.54, 1.807) is 0 Å². The lowest BCUT2D eigenvalue weighted by Gasteiger charge is -2.28. The van der Waals surface area contributed by atoms with Crippen molar-refractivity contribution in [2.75, 3.05) is 18.9 Å². The Bertz CT molecular complexity index is 130. The standard InChI is InChI=1S/C9H18BrN/c1-9(2,6-10)7-11(3)8-4-5-8/h8H,4-7H2,1-3H3. The highest BCUT2D eigenvalue weighted by molar-refractivity contribution is 9.09. The first-order valence-corrected chi connectivity index (χ1v) is 5.43. The van der Waals surface area contributed by atoms with Gasteiger partial charge in [-0.2, -0.15) is 0 Å². The predicted molar refractivity (Wildman–Crippen MR) is 53.2 cm³/mol. The van der Waals surface area contributed by atoms with Crippen molar-refractivity contribution >= 4 is 15.9 Å². The minimum absolute atomic E-state index is 0.428. The Morgan fingerprint density at radius 2 is 2.00 bits per heavy atom. The van der Waals surface area contributed by atoms with Crippen molar-refractivity contribution in [3.05, 3.63) is 0 Å². The van der Waals surface area contributed by atoms with Gasteiger partial charge in [0.25, 0.3) is 0 Å². The van der Waals surface area contributed by atoms with Crippen LogP contribution in [-0.2, 0) is 0 Å². The number of alkyl halides is 1. The van der Waals surface area contributed by atoms with Crippen molar-refractivity contribution in [3.8, 4) is 0 Å². The van der Waals surface area contributed by atoms with Gasteiger partial charge in [0.1, 0.15) is 0 Å². The normalized spacial score (nSPS) is 19.4. The zero-order chi connectivity index (χ0) is 8.48. The van der Waals surface area contributed by atoms with E-state index in [-0.39, 0.29) is 0 Å². The Morgan fingerprint density at radius 3 is 2.36 bits per heavy atom. The first-order chi connectivity index (χ1) is 5.05. The highest BCUT2D eigenvalue weighted by Crippen LogP contribution is 2.29. The van der Waals surface area contributed by atoms with Gasteiger partial charge in [-0.25, -0.2) is 0 Å². The monoisotopic (exact) mass is 219 g/mol. The molecular weight excluding hydrogens is 202 g/mol. The number of hydrogen-bond acceptors (Lipinski definition) is 1. The summed E-state index contributed by atoms with van der Waals surface area (Å²) in [7, 11) is 2.24. The van der Waals surface area contributed by atoms with E-state index in [4.69, 9.17) is 0 Å². The highest BCUT2D eigenvalue weighted by Gasteiger charge is 2.29. The molecule has 1 aliphatic rings. The minimum atomic E-state index is 0.428. The molecule has 0 heterocycles. The molecule has 1 aliphatic carbocycles. The molecule has 1 saturated carbocycles. The summed E-state index contributed by atoms with van der Waals surface area (Å²) >= 11 is 3.54. The van der Waals surface area contributed by atoms with Crippen LogP contribution in [0.15, 0.2) is 0 Å². The second kappa shape index (κ2) is 3.44. The molecule has 2 heteroatoms. The quantitative estimate of drug-likeness (QED) is 0.658. The summed E-state index contributed by atoms with van der Waals surface area (Å²) in [5, 5.41) is 1.09. The number of nitrogens with zero attached hydrogens (tertiary/aromatic N) is 1. The maximum atomic E-state index is 3.54. The lowest BCUT2D eigenvalue weighted by molar-refractivity contribution is 0.224. The van der Waals surface area contributed by atoms with Crippen LogP contribution in [0.3, 0.4) is 0 Å². The SMILES string of the molecule is CN(CC(C)(C)CBr)C1CC1. The Kier molecular flexibility index (Phi) is 2.98. The Hall–Kier alpha value is 0.440. The van der Waals surface area contributed by atoms with E-state index in [0.717, 1.165) is 11.4 Å². The molecule has 0 aliphatic heterocycles. The van der Waals surface area contributed by atoms with Crippen LogP contribution in [-0.4, -0.2) is 29.9 Å². The third kappa shape index (κ3) is 3.12. The molecule has 0 radical (unpaired) electrons. The molecule has 0 aromatic heterocycles. The maximum Gasteiger partial charge on any atom is 0.00949 e. The molecule has 0 aromatic carbocycles. The average Bonchev–Trinajstić information content (AvgIpc) is 2.67. The van der Waals surface area contributed by atoms with Gasteiger partial charge in [-0.05, 0) is 25.3 Å². The van der Waals surface area contributed by atoms with Crippen molar-refractivity contribution in [1.82, 2.24) is 4.90 Å². The van der Waals surface area contributed by atoms with E-state index < -0.39 is 0 Å². The van der Waals surface area contributed by atoms with E-state index in [1.165, 1.54) is 19.4 Å². The molecule has 1 fully saturated rings. The van der Waals surface area contributed by atoms with Gasteiger partial charge in [-0.1, -0.05) is 29.8 Å². The molecule has 0 unspecified atom stereocenters. The zero-order valence-corrected chi connectivity index (χ0v) is 9.32. The van der Waals surface area contributed by atoms with Crippen LogP contribution in [0.4, 0.5) is 0 Å². The van der Waals surface area contributed by atoms with Crippen LogP contribution < -0.4 is 0 Å². The van der Waals surface area contributed by atoms with Crippen LogP contribution in [0.1, 0.15) is 26.7 Å². The van der Waals surface area contributed by atoms with Crippen LogP contribution >= 0.6 is 15.9 Å². The summed E-state index contributed by atoms with van der Waals surface area (Å²) < 4.78 is 0. The highest BCUT2D eigenvalue weighted by atomic mass is 79.9. The van der Waals surface area contributed by atoms with E-state index in [1.807, 2.05) is 0 Å². The number of hydrogen-bond donors (Lipinski definition) is 0. The van der Waals surface area contributed by atoms with Crippen molar-refractivity contribution in [2.24, 2.45) is 5.41 Å². The maximum absolute atomic E-state index is 3.54. The number of halogens is 1. The van der Waals surface area contributed by atoms with Crippen molar-refractivity contribution in [3.63, 3.8) is 0 Å². The molecule has 0 aromatic rings. The summed E-state index contributed by atoms with van der Waals surface area (Å²) in [6.45, 7) is 5.82. The molecule has 0 atom stereocenters. The van der Waals surface area contributed by atoms with E-state index >= 15 is 0 Å². The van der Waals surface area contributed by atoms with Crippen LogP contribution in [0.25, 0.3) is 0 Å². The van der Waals surface area contributed by atoms with Gasteiger partial charge in [0.15, 0.2) is 0 Å². The fourth-order valence-electron chi connectivity index (χ4n) is 1.36. The average molecular weight is 220 g/mol. The van der Waals surface area contributed by atoms with Gasteiger partial charge in [-0.15, -0.1) is 0 Å². The van der Waals surface area contributed by atoms with Gasteiger partial charge < -0.3 is 4.90 Å². The Morgan fingerprint density at radius 1 is 1.45 bits per heavy atom. The first kappa shape index (κ1) is 9.53. The molecule has 0 N–H and O–H groups in total. The molecule has 0 saturated heterocycles. The van der Waals surface area contributed by atoms with Gasteiger partial charge in [-0.3, -0.25) is 0 Å². The van der Waals surface area contributed by atoms with Crippen LogP contribution in [0.5, 0.6) is 0 Å². The molecule has 0 bridgehead atoms. The summed E-state index contributed by atoms with van der Waals surface area (Å²) in [5.74, 6) is 0. The third-order valence-electron chi connectivity index (χ3n) is 2.21. The Labute approximate surface area is 78.3 Å². The first-order valence-electron chi connectivity index (χ1n) is 4.31. The van der Waals surface area contributed by atoms with Gasteiger partial charge >= 0.3 is 0 Å². The summed E-state index contributed by atoms with van der Waals surface area (Å²) in [6.07, 6.45) is 2.82. The number of rotatable bonds is 4. The lowest BCUT2D eigenvalue weighted by Crippen LogP contribution is -2.33. The topological polar surface area (TPSA) is 3.24 Å². The molecule has 1 nitrogen and oxygen atoms in total. The minimum Gasteiger partial charge on any atom is -0.303 e. The Balaban J connectivity index is 2.27. The van der Waals surface area contributed by atoms with Crippen LogP contribution in [0, 0.1) is 5.41 Å². The fourth-order valence-corrected chi connectivity index (χ4v) is 1.54. The third-order valence-corrected chi connectivity index (χ3v) is 3.73. The lowest BCUT2D eigenvalue weighted by atomic mass is 9.96. The zero-order valence-electron chi connectivity index (χ0n) is 7.73. The van der Waals surface area contributed by atoms with Crippen LogP contribution in [0.2, 0.25) is 0 Å². The summed E-state index contributed by atoms with van der Waals surface area (Å²) in [6, 6.07) is 0.897. The molecule has 0 amide bonds. The van der Waals surface area contributed by atoms with E-state index in [2.05, 4.69) is 41.7 Å². The van der Waals surface area contributed by atoms with Gasteiger partial charge in [0, 0.05) is 17.9 Å². The molecule has 1 rings (SSSR count). The largest absolute Gasteiger partial charge is 0.303 e. The summed E-state index contributed by atoms with van der Waals surface area (Å²) in [4.78, 5) is 2.49. The molecule has 0 spiro atoms. The fraction of sp³-hybridized carbons (Fsp3) is 1.00. The smallest absolute Gasteiger partial charge is 0.00949 e. The molecule has 11 heavy (non-hydrogen) atoms. The predicted octanol–water partition coefficient (Wildman–Crippen LogP) is 2.50. The van der Waals surface area contributed by atoms with Gasteiger partial charge in [0.2, 0.25) is 0 Å². The second-order valence-electron chi connectivity index (χ2n) is 4.44. The molecular formula is C9H18BrN. The van der Waals surface area contributed by atoms with E-state index in [9.17, 15) is 0 Å². The van der Waals surface area contributed by atoms with E-state index in [0.29, 0.717) is 5.41 Å². The van der Waals surface area contributed by atoms with Crippen molar-refractivity contribution < 1.29 is 0 Å². The second-order valence-corrected chi connectivity index (χ2v) is 5.00.